The smallest absolute Gasteiger partial charge is 0.233 e. The van der Waals surface area contributed by atoms with Gasteiger partial charge >= 0.3 is 0 Å². The summed E-state index contributed by atoms with van der Waals surface area (Å²) < 4.78 is 0. The monoisotopic (exact) mass is 227 g/mol. The van der Waals surface area contributed by atoms with Crippen molar-refractivity contribution in [2.75, 3.05) is 26.2 Å². The number of rotatable bonds is 8. The lowest BCUT2D eigenvalue weighted by Crippen LogP contribution is -2.38. The highest BCUT2D eigenvalue weighted by atomic mass is 16.3. The second kappa shape index (κ2) is 8.08. The van der Waals surface area contributed by atoms with Gasteiger partial charge in [-0.05, 0) is 11.8 Å². The van der Waals surface area contributed by atoms with E-state index in [2.05, 4.69) is 10.6 Å². The quantitative estimate of drug-likeness (QED) is 0.510. The Morgan fingerprint density at radius 1 is 1.50 bits per heavy atom. The van der Waals surface area contributed by atoms with Crippen molar-refractivity contribution >= 4 is 5.91 Å². The number of nitrogens with zero attached hydrogens (tertiary/aromatic N) is 1. The van der Waals surface area contributed by atoms with Gasteiger partial charge < -0.3 is 15.7 Å². The minimum Gasteiger partial charge on any atom is -0.396 e. The average Bonchev–Trinajstić information content (AvgIpc) is 2.17. The van der Waals surface area contributed by atoms with E-state index in [1.165, 1.54) is 0 Å². The van der Waals surface area contributed by atoms with Crippen LogP contribution in [0.2, 0.25) is 0 Å². The molecule has 0 aromatic heterocycles. The summed E-state index contributed by atoms with van der Waals surface area (Å²) >= 11 is 0. The fraction of sp³-hybridized carbons (Fsp3) is 0.818. The van der Waals surface area contributed by atoms with E-state index in [-0.39, 0.29) is 24.5 Å². The molecule has 0 atom stereocenters. The lowest BCUT2D eigenvalue weighted by Gasteiger charge is -2.23. The Bertz CT molecular complexity index is 246. The molecule has 0 aliphatic rings. The van der Waals surface area contributed by atoms with E-state index in [0.29, 0.717) is 25.9 Å². The Kier molecular flexibility index (Phi) is 7.52. The first kappa shape index (κ1) is 14.9. The van der Waals surface area contributed by atoms with Crippen LogP contribution >= 0.6 is 0 Å². The summed E-state index contributed by atoms with van der Waals surface area (Å²) in [5, 5.41) is 22.8. The van der Waals surface area contributed by atoms with Gasteiger partial charge in [0.25, 0.3) is 0 Å². The van der Waals surface area contributed by atoms with E-state index >= 15 is 0 Å². The van der Waals surface area contributed by atoms with Gasteiger partial charge in [0.1, 0.15) is 0 Å². The van der Waals surface area contributed by atoms with Gasteiger partial charge in [-0.25, -0.2) is 0 Å². The van der Waals surface area contributed by atoms with Crippen molar-refractivity contribution in [3.63, 3.8) is 0 Å². The lowest BCUT2D eigenvalue weighted by atomic mass is 9.90. The van der Waals surface area contributed by atoms with E-state index in [1.807, 2.05) is 19.9 Å². The highest BCUT2D eigenvalue weighted by Gasteiger charge is 2.16. The molecule has 3 N–H and O–H groups in total. The highest BCUT2D eigenvalue weighted by molar-refractivity contribution is 5.77. The molecule has 0 unspecified atom stereocenters. The predicted molar refractivity (Wildman–Crippen MR) is 61.6 cm³/mol. The molecule has 0 aliphatic carbocycles. The summed E-state index contributed by atoms with van der Waals surface area (Å²) in [5.74, 6) is -0.102. The van der Waals surface area contributed by atoms with E-state index < -0.39 is 0 Å². The number of aliphatic hydroxyl groups excluding tert-OH is 1. The summed E-state index contributed by atoms with van der Waals surface area (Å²) in [6, 6.07) is 1.96. The van der Waals surface area contributed by atoms with Crippen LogP contribution in [0.25, 0.3) is 0 Å². The Hall–Kier alpha value is -1.12. The molecule has 0 radical (unpaired) electrons. The van der Waals surface area contributed by atoms with Crippen molar-refractivity contribution in [2.24, 2.45) is 5.41 Å². The van der Waals surface area contributed by atoms with Crippen LogP contribution in [0.5, 0.6) is 0 Å². The summed E-state index contributed by atoms with van der Waals surface area (Å²) in [6.07, 6.45) is 1.04. The van der Waals surface area contributed by atoms with Crippen LogP contribution < -0.4 is 10.6 Å². The van der Waals surface area contributed by atoms with Gasteiger partial charge in [-0.3, -0.25) is 4.79 Å². The molecule has 0 heterocycles. The number of carbonyl (C=O) groups excluding carboxylic acids is 1. The summed E-state index contributed by atoms with van der Waals surface area (Å²) in [7, 11) is 0. The van der Waals surface area contributed by atoms with Crippen LogP contribution in [-0.2, 0) is 4.79 Å². The predicted octanol–water partition coefficient (Wildman–Crippen LogP) is 0.0145. The maximum absolute atomic E-state index is 11.2. The maximum Gasteiger partial charge on any atom is 0.233 e. The first-order valence-electron chi connectivity index (χ1n) is 5.47. The van der Waals surface area contributed by atoms with E-state index in [4.69, 9.17) is 10.4 Å². The summed E-state index contributed by atoms with van der Waals surface area (Å²) in [4.78, 5) is 11.2. The normalized spacial score (nSPS) is 10.9. The van der Waals surface area contributed by atoms with E-state index in [9.17, 15) is 4.79 Å². The van der Waals surface area contributed by atoms with Crippen molar-refractivity contribution in [1.82, 2.24) is 10.6 Å². The molecule has 1 amide bonds. The largest absolute Gasteiger partial charge is 0.396 e. The topological polar surface area (TPSA) is 85.2 Å². The zero-order chi connectivity index (χ0) is 12.4. The minimum absolute atomic E-state index is 0.0122. The van der Waals surface area contributed by atoms with Crippen molar-refractivity contribution in [1.29, 1.82) is 5.26 Å². The zero-order valence-electron chi connectivity index (χ0n) is 10.0. The number of aliphatic hydroxyl groups is 1. The third-order valence-electron chi connectivity index (χ3n) is 2.24. The van der Waals surface area contributed by atoms with Gasteiger partial charge in [-0.15, -0.1) is 0 Å². The van der Waals surface area contributed by atoms with Crippen LogP contribution in [0, 0.1) is 16.7 Å². The molecule has 92 valence electrons. The van der Waals surface area contributed by atoms with Crippen LogP contribution in [0.3, 0.4) is 0 Å². The molecule has 0 rings (SSSR count). The number of hydrogen-bond acceptors (Lipinski definition) is 4. The molecular weight excluding hydrogens is 206 g/mol. The van der Waals surface area contributed by atoms with Crippen LogP contribution in [-0.4, -0.2) is 37.3 Å². The Labute approximate surface area is 96.8 Å². The standard InChI is InChI=1S/C11H21N3O2/c1-11(2,4-7-15)9-13-8-10(16)14-6-3-5-12/h13,15H,3-4,6-9H2,1-2H3,(H,14,16). The second-order valence-electron chi connectivity index (χ2n) is 4.50. The number of nitrogens with one attached hydrogen (secondary N) is 2. The number of hydrogen-bond donors (Lipinski definition) is 3. The Balaban J connectivity index is 3.58. The first-order chi connectivity index (χ1) is 7.52. The number of carbonyl (C=O) groups is 1. The Morgan fingerprint density at radius 3 is 2.75 bits per heavy atom. The van der Waals surface area contributed by atoms with Gasteiger partial charge in [-0.2, -0.15) is 5.26 Å². The van der Waals surface area contributed by atoms with Crippen molar-refractivity contribution in [3.8, 4) is 6.07 Å². The van der Waals surface area contributed by atoms with Gasteiger partial charge in [0.05, 0.1) is 19.0 Å². The minimum atomic E-state index is -0.102. The molecule has 5 nitrogen and oxygen atoms in total. The zero-order valence-corrected chi connectivity index (χ0v) is 10.0. The van der Waals surface area contributed by atoms with Crippen LogP contribution in [0.1, 0.15) is 26.7 Å². The van der Waals surface area contributed by atoms with Gasteiger partial charge in [0, 0.05) is 19.7 Å². The summed E-state index contributed by atoms with van der Waals surface area (Å²) in [5.41, 5.74) is -0.0122. The SMILES string of the molecule is CC(C)(CCO)CNCC(=O)NCCC#N. The van der Waals surface area contributed by atoms with Crippen molar-refractivity contribution < 1.29 is 9.90 Å². The molecule has 0 fully saturated rings. The molecule has 16 heavy (non-hydrogen) atoms. The third-order valence-corrected chi connectivity index (χ3v) is 2.24. The molecule has 0 aromatic rings. The maximum atomic E-state index is 11.2. The molecule has 0 bridgehead atoms. The highest BCUT2D eigenvalue weighted by Crippen LogP contribution is 2.17. The average molecular weight is 227 g/mol. The lowest BCUT2D eigenvalue weighted by molar-refractivity contribution is -0.120. The van der Waals surface area contributed by atoms with Gasteiger partial charge in [-0.1, -0.05) is 13.8 Å². The molecule has 0 aliphatic heterocycles. The first-order valence-corrected chi connectivity index (χ1v) is 5.47. The number of amides is 1. The molecule has 5 heteroatoms. The van der Waals surface area contributed by atoms with Crippen molar-refractivity contribution in [2.45, 2.75) is 26.7 Å². The second-order valence-corrected chi connectivity index (χ2v) is 4.50. The number of nitriles is 1. The molecule has 0 spiro atoms. The molecule has 0 saturated heterocycles. The third kappa shape index (κ3) is 8.21. The fourth-order valence-corrected chi connectivity index (χ4v) is 1.23. The van der Waals surface area contributed by atoms with Gasteiger partial charge in [0.2, 0.25) is 5.91 Å². The summed E-state index contributed by atoms with van der Waals surface area (Å²) in [6.45, 7) is 5.55. The van der Waals surface area contributed by atoms with E-state index in [0.717, 1.165) is 0 Å². The molecule has 0 aromatic carbocycles. The molecular formula is C11H21N3O2. The van der Waals surface area contributed by atoms with Crippen molar-refractivity contribution in [3.05, 3.63) is 0 Å². The van der Waals surface area contributed by atoms with Crippen LogP contribution in [0.15, 0.2) is 0 Å². The molecule has 0 saturated carbocycles. The van der Waals surface area contributed by atoms with Gasteiger partial charge in [0.15, 0.2) is 0 Å². The van der Waals surface area contributed by atoms with Crippen LogP contribution in [0.4, 0.5) is 0 Å². The van der Waals surface area contributed by atoms with E-state index in [1.54, 1.807) is 0 Å². The fourth-order valence-electron chi connectivity index (χ4n) is 1.23. The Morgan fingerprint density at radius 2 is 2.19 bits per heavy atom.